The molecule has 0 bridgehead atoms. The van der Waals surface area contributed by atoms with Crippen LogP contribution in [0, 0.1) is 25.2 Å². The summed E-state index contributed by atoms with van der Waals surface area (Å²) < 4.78 is 1.31. The second-order valence-electron chi connectivity index (χ2n) is 4.61. The van der Waals surface area contributed by atoms with Crippen LogP contribution in [0.5, 0.6) is 0 Å². The molecule has 6 heteroatoms. The number of anilines is 1. The van der Waals surface area contributed by atoms with Crippen LogP contribution in [0.25, 0.3) is 0 Å². The fourth-order valence-electron chi connectivity index (χ4n) is 1.93. The Hall–Kier alpha value is -2.94. The number of nitriles is 1. The van der Waals surface area contributed by atoms with E-state index >= 15 is 0 Å². The minimum Gasteiger partial charge on any atom is -0.325 e. The number of nitrogens with one attached hydrogen (secondary N) is 1. The van der Waals surface area contributed by atoms with E-state index in [1.165, 1.54) is 10.6 Å². The molecule has 1 aromatic heterocycles. The molecule has 1 heterocycles. The molecule has 21 heavy (non-hydrogen) atoms. The molecule has 1 amide bonds. The van der Waals surface area contributed by atoms with Gasteiger partial charge in [-0.05, 0) is 38.1 Å². The molecule has 2 aromatic rings. The molecule has 0 saturated heterocycles. The average molecular weight is 282 g/mol. The van der Waals surface area contributed by atoms with Gasteiger partial charge in [-0.15, -0.1) is 0 Å². The maximum absolute atomic E-state index is 12.0. The van der Waals surface area contributed by atoms with E-state index in [0.717, 1.165) is 0 Å². The number of rotatable bonds is 3. The Balaban J connectivity index is 2.12. The van der Waals surface area contributed by atoms with Crippen LogP contribution in [0.4, 0.5) is 5.69 Å². The SMILES string of the molecule is Cc1cc(=O)n(CC(=O)Nc2ccc(C#N)cc2)c(C)n1. The van der Waals surface area contributed by atoms with Crippen molar-refractivity contribution in [3.8, 4) is 6.07 Å². The Morgan fingerprint density at radius 2 is 2.00 bits per heavy atom. The zero-order valence-corrected chi connectivity index (χ0v) is 11.8. The number of carbonyl (C=O) groups excluding carboxylic acids is 1. The second-order valence-corrected chi connectivity index (χ2v) is 4.61. The van der Waals surface area contributed by atoms with Crippen LogP contribution in [0.15, 0.2) is 35.1 Å². The standard InChI is InChI=1S/C15H14N4O2/c1-10-7-15(21)19(11(2)17-10)9-14(20)18-13-5-3-12(8-16)4-6-13/h3-7H,9H2,1-2H3,(H,18,20). The van der Waals surface area contributed by atoms with Crippen molar-refractivity contribution < 1.29 is 4.79 Å². The number of nitrogens with zero attached hydrogens (tertiary/aromatic N) is 3. The number of carbonyl (C=O) groups is 1. The van der Waals surface area contributed by atoms with Crippen molar-refractivity contribution in [3.63, 3.8) is 0 Å². The van der Waals surface area contributed by atoms with Gasteiger partial charge in [0, 0.05) is 17.4 Å². The zero-order valence-electron chi connectivity index (χ0n) is 11.8. The molecule has 1 N–H and O–H groups in total. The van der Waals surface area contributed by atoms with Crippen molar-refractivity contribution >= 4 is 11.6 Å². The van der Waals surface area contributed by atoms with Crippen molar-refractivity contribution in [3.05, 3.63) is 57.8 Å². The minimum atomic E-state index is -0.324. The summed E-state index contributed by atoms with van der Waals surface area (Å²) in [7, 11) is 0. The summed E-state index contributed by atoms with van der Waals surface area (Å²) in [5.74, 6) is 0.172. The number of aryl methyl sites for hydroxylation is 2. The Kier molecular flexibility index (Phi) is 4.14. The van der Waals surface area contributed by atoms with E-state index in [9.17, 15) is 9.59 Å². The fourth-order valence-corrected chi connectivity index (χ4v) is 1.93. The zero-order chi connectivity index (χ0) is 15.4. The van der Waals surface area contributed by atoms with Gasteiger partial charge >= 0.3 is 0 Å². The molecule has 106 valence electrons. The normalized spacial score (nSPS) is 9.95. The fraction of sp³-hybridized carbons (Fsp3) is 0.200. The van der Waals surface area contributed by atoms with Crippen molar-refractivity contribution in [2.45, 2.75) is 20.4 Å². The number of benzene rings is 1. The van der Waals surface area contributed by atoms with Crippen LogP contribution in [0.2, 0.25) is 0 Å². The van der Waals surface area contributed by atoms with Crippen LogP contribution in [-0.2, 0) is 11.3 Å². The maximum atomic E-state index is 12.0. The maximum Gasteiger partial charge on any atom is 0.254 e. The predicted octanol–water partition coefficient (Wildman–Crippen LogP) is 1.37. The molecule has 0 atom stereocenters. The summed E-state index contributed by atoms with van der Waals surface area (Å²) in [6.45, 7) is 3.32. The highest BCUT2D eigenvalue weighted by atomic mass is 16.2. The van der Waals surface area contributed by atoms with Crippen LogP contribution in [-0.4, -0.2) is 15.5 Å². The smallest absolute Gasteiger partial charge is 0.254 e. The third-order valence-corrected chi connectivity index (χ3v) is 2.93. The predicted molar refractivity (Wildman–Crippen MR) is 77.8 cm³/mol. The number of hydrogen-bond acceptors (Lipinski definition) is 4. The van der Waals surface area contributed by atoms with Gasteiger partial charge in [0.05, 0.1) is 11.6 Å². The molecule has 0 radical (unpaired) electrons. The summed E-state index contributed by atoms with van der Waals surface area (Å²) in [5, 5.41) is 11.4. The van der Waals surface area contributed by atoms with E-state index < -0.39 is 0 Å². The summed E-state index contributed by atoms with van der Waals surface area (Å²) >= 11 is 0. The largest absolute Gasteiger partial charge is 0.325 e. The van der Waals surface area contributed by atoms with E-state index in [4.69, 9.17) is 5.26 Å². The highest BCUT2D eigenvalue weighted by Gasteiger charge is 2.08. The van der Waals surface area contributed by atoms with Gasteiger partial charge in [0.15, 0.2) is 0 Å². The molecule has 0 unspecified atom stereocenters. The van der Waals surface area contributed by atoms with Gasteiger partial charge in [-0.3, -0.25) is 14.2 Å². The van der Waals surface area contributed by atoms with Crippen molar-refractivity contribution in [1.29, 1.82) is 5.26 Å². The van der Waals surface area contributed by atoms with Gasteiger partial charge in [-0.2, -0.15) is 5.26 Å². The molecular formula is C15H14N4O2. The van der Waals surface area contributed by atoms with E-state index in [1.807, 2.05) is 6.07 Å². The van der Waals surface area contributed by atoms with Gasteiger partial charge in [0.1, 0.15) is 12.4 Å². The number of hydrogen-bond donors (Lipinski definition) is 1. The van der Waals surface area contributed by atoms with Gasteiger partial charge in [0.25, 0.3) is 5.56 Å². The molecule has 0 aliphatic heterocycles. The van der Waals surface area contributed by atoms with E-state index in [0.29, 0.717) is 22.8 Å². The van der Waals surface area contributed by atoms with Crippen LogP contribution >= 0.6 is 0 Å². The molecule has 1 aromatic carbocycles. The van der Waals surface area contributed by atoms with Crippen molar-refractivity contribution in [1.82, 2.24) is 9.55 Å². The lowest BCUT2D eigenvalue weighted by molar-refractivity contribution is -0.116. The molecular weight excluding hydrogens is 268 g/mol. The average Bonchev–Trinajstić information content (AvgIpc) is 2.43. The molecule has 0 aliphatic rings. The van der Waals surface area contributed by atoms with Crippen LogP contribution < -0.4 is 10.9 Å². The minimum absolute atomic E-state index is 0.0993. The molecule has 6 nitrogen and oxygen atoms in total. The highest BCUT2D eigenvalue weighted by Crippen LogP contribution is 2.08. The first-order valence-corrected chi connectivity index (χ1v) is 6.34. The number of amides is 1. The van der Waals surface area contributed by atoms with Gasteiger partial charge in [-0.1, -0.05) is 0 Å². The first-order valence-electron chi connectivity index (χ1n) is 6.34. The summed E-state index contributed by atoms with van der Waals surface area (Å²) in [6, 6.07) is 9.89. The molecule has 0 saturated carbocycles. The summed E-state index contributed by atoms with van der Waals surface area (Å²) in [5.41, 5.74) is 1.46. The van der Waals surface area contributed by atoms with Crippen LogP contribution in [0.1, 0.15) is 17.1 Å². The number of aromatic nitrogens is 2. The first-order chi connectivity index (χ1) is 9.99. The third-order valence-electron chi connectivity index (χ3n) is 2.93. The lowest BCUT2D eigenvalue weighted by atomic mass is 10.2. The second kappa shape index (κ2) is 6.01. The molecule has 2 rings (SSSR count). The Bertz CT molecular complexity index is 770. The topological polar surface area (TPSA) is 87.8 Å². The molecule has 0 spiro atoms. The Labute approximate surface area is 121 Å². The first kappa shape index (κ1) is 14.5. The highest BCUT2D eigenvalue weighted by molar-refractivity contribution is 5.90. The summed E-state index contributed by atoms with van der Waals surface area (Å²) in [6.07, 6.45) is 0. The Morgan fingerprint density at radius 1 is 1.33 bits per heavy atom. The van der Waals surface area contributed by atoms with E-state index in [-0.39, 0.29) is 18.0 Å². The molecule has 0 fully saturated rings. The van der Waals surface area contributed by atoms with Crippen molar-refractivity contribution in [2.24, 2.45) is 0 Å². The van der Waals surface area contributed by atoms with E-state index in [1.54, 1.807) is 38.1 Å². The van der Waals surface area contributed by atoms with Gasteiger partial charge in [-0.25, -0.2) is 4.98 Å². The van der Waals surface area contributed by atoms with E-state index in [2.05, 4.69) is 10.3 Å². The molecule has 0 aliphatic carbocycles. The lowest BCUT2D eigenvalue weighted by Crippen LogP contribution is -2.29. The Morgan fingerprint density at radius 3 is 2.57 bits per heavy atom. The van der Waals surface area contributed by atoms with Gasteiger partial charge in [0.2, 0.25) is 5.91 Å². The van der Waals surface area contributed by atoms with Crippen LogP contribution in [0.3, 0.4) is 0 Å². The quantitative estimate of drug-likeness (QED) is 0.921. The third kappa shape index (κ3) is 3.54. The van der Waals surface area contributed by atoms with Gasteiger partial charge < -0.3 is 5.32 Å². The summed E-state index contributed by atoms with van der Waals surface area (Å²) in [4.78, 5) is 28.0. The lowest BCUT2D eigenvalue weighted by Gasteiger charge is -2.10. The van der Waals surface area contributed by atoms with Crippen molar-refractivity contribution in [2.75, 3.05) is 5.32 Å². The monoisotopic (exact) mass is 282 g/mol.